The fourth-order valence-corrected chi connectivity index (χ4v) is 2.02. The van der Waals surface area contributed by atoms with E-state index in [1.165, 1.54) is 10.7 Å². The average Bonchev–Trinajstić information content (AvgIpc) is 2.51. The van der Waals surface area contributed by atoms with Gasteiger partial charge in [-0.25, -0.2) is 4.68 Å². The lowest BCUT2D eigenvalue weighted by Gasteiger charge is -2.11. The van der Waals surface area contributed by atoms with E-state index in [9.17, 15) is 9.59 Å². The number of ether oxygens (including phenoxy) is 1. The van der Waals surface area contributed by atoms with Crippen LogP contribution in [-0.2, 0) is 6.54 Å². The van der Waals surface area contributed by atoms with Crippen molar-refractivity contribution >= 4 is 5.91 Å². The molecule has 0 unspecified atom stereocenters. The van der Waals surface area contributed by atoms with E-state index in [-0.39, 0.29) is 11.5 Å². The maximum absolute atomic E-state index is 12.2. The molecule has 6 heteroatoms. The van der Waals surface area contributed by atoms with Gasteiger partial charge >= 0.3 is 0 Å². The monoisotopic (exact) mass is 301 g/mol. The highest BCUT2D eigenvalue weighted by molar-refractivity contribution is 5.96. The van der Waals surface area contributed by atoms with Gasteiger partial charge < -0.3 is 10.1 Å². The molecule has 0 saturated carbocycles. The Kier molecular flexibility index (Phi) is 5.30. The molecule has 1 aromatic heterocycles. The molecule has 1 aromatic carbocycles. The number of carbonyl (C=O) groups excluding carboxylic acids is 1. The van der Waals surface area contributed by atoms with Gasteiger partial charge in [-0.05, 0) is 32.0 Å². The molecule has 0 fully saturated rings. The topological polar surface area (TPSA) is 73.2 Å². The lowest BCUT2D eigenvalue weighted by Crippen LogP contribution is -2.32. The molecule has 1 heterocycles. The summed E-state index contributed by atoms with van der Waals surface area (Å²) in [5, 5.41) is 6.89. The molecule has 0 aliphatic rings. The number of hydrogen-bond acceptors (Lipinski definition) is 4. The summed E-state index contributed by atoms with van der Waals surface area (Å²) < 4.78 is 6.77. The van der Waals surface area contributed by atoms with Gasteiger partial charge in [0.15, 0.2) is 0 Å². The van der Waals surface area contributed by atoms with Gasteiger partial charge in [-0.15, -0.1) is 0 Å². The number of nitrogens with zero attached hydrogens (tertiary/aromatic N) is 2. The lowest BCUT2D eigenvalue weighted by molar-refractivity contribution is 0.0948. The number of amides is 1. The Bertz CT molecular complexity index is 710. The van der Waals surface area contributed by atoms with Crippen LogP contribution in [0.15, 0.2) is 41.2 Å². The van der Waals surface area contributed by atoms with Crippen LogP contribution in [0.1, 0.15) is 23.0 Å². The zero-order valence-electron chi connectivity index (χ0n) is 12.7. The van der Waals surface area contributed by atoms with E-state index in [1.807, 2.05) is 19.9 Å². The highest BCUT2D eigenvalue weighted by Gasteiger charge is 2.11. The fraction of sp³-hybridized carbons (Fsp3) is 0.312. The van der Waals surface area contributed by atoms with Gasteiger partial charge in [-0.1, -0.05) is 12.1 Å². The normalized spacial score (nSPS) is 10.3. The Balaban J connectivity index is 1.99. The number of aryl methyl sites for hydroxylation is 1. The third kappa shape index (κ3) is 3.94. The second-order valence-corrected chi connectivity index (χ2v) is 4.72. The van der Waals surface area contributed by atoms with Crippen molar-refractivity contribution in [2.24, 2.45) is 0 Å². The van der Waals surface area contributed by atoms with Crippen molar-refractivity contribution in [2.75, 3.05) is 13.2 Å². The minimum absolute atomic E-state index is 0.186. The molecular weight excluding hydrogens is 282 g/mol. The van der Waals surface area contributed by atoms with Crippen LogP contribution in [0.2, 0.25) is 0 Å². The molecule has 0 bridgehead atoms. The molecule has 0 atom stereocenters. The Morgan fingerprint density at radius 3 is 2.82 bits per heavy atom. The quantitative estimate of drug-likeness (QED) is 0.875. The van der Waals surface area contributed by atoms with Crippen molar-refractivity contribution in [2.45, 2.75) is 20.4 Å². The molecule has 6 nitrogen and oxygen atoms in total. The smallest absolute Gasteiger partial charge is 0.266 e. The van der Waals surface area contributed by atoms with E-state index < -0.39 is 0 Å². The van der Waals surface area contributed by atoms with Crippen molar-refractivity contribution in [3.63, 3.8) is 0 Å². The molecule has 0 radical (unpaired) electrons. The number of hydrogen-bond donors (Lipinski definition) is 1. The van der Waals surface area contributed by atoms with Crippen LogP contribution in [0.4, 0.5) is 0 Å². The van der Waals surface area contributed by atoms with Gasteiger partial charge in [0.1, 0.15) is 5.75 Å². The first-order valence-electron chi connectivity index (χ1n) is 7.16. The van der Waals surface area contributed by atoms with E-state index in [0.29, 0.717) is 31.0 Å². The minimum Gasteiger partial charge on any atom is -0.493 e. The number of para-hydroxylation sites is 1. The average molecular weight is 301 g/mol. The predicted octanol–water partition coefficient (Wildman–Crippen LogP) is 1.38. The zero-order chi connectivity index (χ0) is 15.9. The van der Waals surface area contributed by atoms with Crippen LogP contribution in [0.5, 0.6) is 5.75 Å². The molecule has 22 heavy (non-hydrogen) atoms. The fourth-order valence-electron chi connectivity index (χ4n) is 2.02. The lowest BCUT2D eigenvalue weighted by atomic mass is 10.2. The largest absolute Gasteiger partial charge is 0.493 e. The van der Waals surface area contributed by atoms with Crippen LogP contribution in [-0.4, -0.2) is 28.8 Å². The van der Waals surface area contributed by atoms with Crippen LogP contribution in [0, 0.1) is 6.92 Å². The van der Waals surface area contributed by atoms with Gasteiger partial charge in [0, 0.05) is 12.6 Å². The molecule has 1 N–H and O–H groups in total. The SMILES string of the molecule is CCOc1ccccc1C(=O)NCCn1nc(C)ccc1=O. The summed E-state index contributed by atoms with van der Waals surface area (Å²) in [4.78, 5) is 23.8. The molecular formula is C16H19N3O3. The summed E-state index contributed by atoms with van der Waals surface area (Å²) in [5.41, 5.74) is 1.05. The van der Waals surface area contributed by atoms with Crippen molar-refractivity contribution in [3.05, 3.63) is 58.0 Å². The highest BCUT2D eigenvalue weighted by Crippen LogP contribution is 2.17. The Morgan fingerprint density at radius 2 is 2.05 bits per heavy atom. The van der Waals surface area contributed by atoms with E-state index >= 15 is 0 Å². The first-order valence-corrected chi connectivity index (χ1v) is 7.16. The number of nitrogens with one attached hydrogen (secondary N) is 1. The van der Waals surface area contributed by atoms with Gasteiger partial charge in [0.2, 0.25) is 0 Å². The highest BCUT2D eigenvalue weighted by atomic mass is 16.5. The summed E-state index contributed by atoms with van der Waals surface area (Å²) >= 11 is 0. The van der Waals surface area contributed by atoms with Crippen LogP contribution >= 0.6 is 0 Å². The van der Waals surface area contributed by atoms with Gasteiger partial charge in [0.25, 0.3) is 11.5 Å². The molecule has 2 aromatic rings. The molecule has 0 aliphatic carbocycles. The second kappa shape index (κ2) is 7.40. The zero-order valence-corrected chi connectivity index (χ0v) is 12.7. The van der Waals surface area contributed by atoms with Crippen molar-refractivity contribution in [1.82, 2.24) is 15.1 Å². The first kappa shape index (κ1) is 15.8. The summed E-state index contributed by atoms with van der Waals surface area (Å²) in [6, 6.07) is 10.2. The van der Waals surface area contributed by atoms with E-state index in [1.54, 1.807) is 24.3 Å². The van der Waals surface area contributed by atoms with Crippen molar-refractivity contribution in [1.29, 1.82) is 0 Å². The Labute approximate surface area is 128 Å². The number of benzene rings is 1. The van der Waals surface area contributed by atoms with Crippen LogP contribution in [0.3, 0.4) is 0 Å². The minimum atomic E-state index is -0.232. The van der Waals surface area contributed by atoms with E-state index in [4.69, 9.17) is 4.74 Å². The maximum Gasteiger partial charge on any atom is 0.266 e. The molecule has 116 valence electrons. The predicted molar refractivity (Wildman–Crippen MR) is 83.2 cm³/mol. The molecule has 0 saturated heterocycles. The van der Waals surface area contributed by atoms with E-state index in [0.717, 1.165) is 5.69 Å². The first-order chi connectivity index (χ1) is 10.6. The standard InChI is InChI=1S/C16H19N3O3/c1-3-22-14-7-5-4-6-13(14)16(21)17-10-11-19-15(20)9-8-12(2)18-19/h4-9H,3,10-11H2,1-2H3,(H,17,21). The molecule has 0 aliphatic heterocycles. The summed E-state index contributed by atoms with van der Waals surface area (Å²) in [7, 11) is 0. The summed E-state index contributed by atoms with van der Waals surface area (Å²) in [5.74, 6) is 0.318. The van der Waals surface area contributed by atoms with Crippen molar-refractivity contribution < 1.29 is 9.53 Å². The number of rotatable bonds is 6. The molecule has 1 amide bonds. The maximum atomic E-state index is 12.2. The number of carbonyl (C=O) groups is 1. The third-order valence-corrected chi connectivity index (χ3v) is 3.04. The molecule has 2 rings (SSSR count). The van der Waals surface area contributed by atoms with Gasteiger partial charge in [0.05, 0.1) is 24.4 Å². The Morgan fingerprint density at radius 1 is 1.27 bits per heavy atom. The van der Waals surface area contributed by atoms with Gasteiger partial charge in [-0.2, -0.15) is 5.10 Å². The number of aromatic nitrogens is 2. The summed E-state index contributed by atoms with van der Waals surface area (Å²) in [6.45, 7) is 4.81. The third-order valence-electron chi connectivity index (χ3n) is 3.04. The van der Waals surface area contributed by atoms with Gasteiger partial charge in [-0.3, -0.25) is 9.59 Å². The molecule has 0 spiro atoms. The summed E-state index contributed by atoms with van der Waals surface area (Å²) in [6.07, 6.45) is 0. The van der Waals surface area contributed by atoms with Crippen molar-refractivity contribution in [3.8, 4) is 5.75 Å². The van der Waals surface area contributed by atoms with E-state index in [2.05, 4.69) is 10.4 Å². The Hall–Kier alpha value is -2.63. The van der Waals surface area contributed by atoms with Crippen LogP contribution < -0.4 is 15.6 Å². The van der Waals surface area contributed by atoms with Crippen LogP contribution in [0.25, 0.3) is 0 Å². The second-order valence-electron chi connectivity index (χ2n) is 4.72.